The van der Waals surface area contributed by atoms with E-state index in [9.17, 15) is 28.1 Å². The average molecular weight is 335 g/mol. The summed E-state index contributed by atoms with van der Waals surface area (Å²) in [6.07, 6.45) is -4.66. The number of nitro benzene ring substituents is 1. The highest BCUT2D eigenvalue weighted by Crippen LogP contribution is 2.34. The zero-order chi connectivity index (χ0) is 17.5. The van der Waals surface area contributed by atoms with E-state index in [1.807, 2.05) is 0 Å². The van der Waals surface area contributed by atoms with Crippen LogP contribution >= 0.6 is 0 Å². The van der Waals surface area contributed by atoms with Crippen molar-refractivity contribution < 1.29 is 27.6 Å². The number of carbonyl (C=O) groups is 1. The van der Waals surface area contributed by atoms with Crippen molar-refractivity contribution in [2.24, 2.45) is 0 Å². The summed E-state index contributed by atoms with van der Waals surface area (Å²) >= 11 is 0. The summed E-state index contributed by atoms with van der Waals surface area (Å²) in [5.41, 5.74) is -1.83. The number of nitro groups is 1. The van der Waals surface area contributed by atoms with Crippen LogP contribution in [0.1, 0.15) is 12.5 Å². The molecule has 0 bridgehead atoms. The highest BCUT2D eigenvalue weighted by molar-refractivity contribution is 5.77. The molecule has 1 aromatic carbocycles. The molecule has 0 unspecified atom stereocenters. The molecule has 1 amide bonds. The van der Waals surface area contributed by atoms with Crippen LogP contribution in [0.25, 0.3) is 0 Å². The molecule has 0 heterocycles. The van der Waals surface area contributed by atoms with Crippen LogP contribution in [0, 0.1) is 10.1 Å². The quantitative estimate of drug-likeness (QED) is 0.431. The minimum absolute atomic E-state index is 0.0537. The molecule has 10 heteroatoms. The number of nitrogens with zero attached hydrogens (tertiary/aromatic N) is 1. The van der Waals surface area contributed by atoms with Gasteiger partial charge in [-0.15, -0.1) is 0 Å². The molecule has 0 radical (unpaired) electrons. The van der Waals surface area contributed by atoms with Crippen molar-refractivity contribution in [1.29, 1.82) is 0 Å². The van der Waals surface area contributed by atoms with Gasteiger partial charge < -0.3 is 15.4 Å². The van der Waals surface area contributed by atoms with E-state index in [4.69, 9.17) is 4.74 Å². The molecule has 7 nitrogen and oxygen atoms in total. The van der Waals surface area contributed by atoms with Gasteiger partial charge in [0.1, 0.15) is 12.3 Å². The van der Waals surface area contributed by atoms with Gasteiger partial charge in [0.15, 0.2) is 0 Å². The van der Waals surface area contributed by atoms with Gasteiger partial charge in [-0.25, -0.2) is 0 Å². The van der Waals surface area contributed by atoms with Crippen molar-refractivity contribution in [3.8, 4) is 0 Å². The van der Waals surface area contributed by atoms with Crippen LogP contribution in [0.15, 0.2) is 18.2 Å². The topological polar surface area (TPSA) is 93.5 Å². The maximum Gasteiger partial charge on any atom is 0.416 e. The number of hydrogen-bond acceptors (Lipinski definition) is 5. The van der Waals surface area contributed by atoms with Crippen molar-refractivity contribution in [1.82, 2.24) is 5.32 Å². The van der Waals surface area contributed by atoms with Crippen LogP contribution in [0.2, 0.25) is 0 Å². The van der Waals surface area contributed by atoms with E-state index in [1.165, 1.54) is 0 Å². The van der Waals surface area contributed by atoms with E-state index in [-0.39, 0.29) is 31.3 Å². The minimum atomic E-state index is -4.66. The first kappa shape index (κ1) is 18.7. The number of carbonyl (C=O) groups excluding carboxylic acids is 1. The fraction of sp³-hybridized carbons (Fsp3) is 0.462. The van der Waals surface area contributed by atoms with Crippen LogP contribution in [0.4, 0.5) is 24.5 Å². The summed E-state index contributed by atoms with van der Waals surface area (Å²) < 4.78 is 42.6. The Bertz CT molecular complexity index is 564. The van der Waals surface area contributed by atoms with Gasteiger partial charge in [-0.1, -0.05) is 0 Å². The molecule has 23 heavy (non-hydrogen) atoms. The number of alkyl halides is 3. The first-order valence-electron chi connectivity index (χ1n) is 6.69. The minimum Gasteiger partial charge on any atom is -0.378 e. The molecular formula is C13H16F3N3O4. The van der Waals surface area contributed by atoms with Gasteiger partial charge in [0, 0.05) is 25.8 Å². The van der Waals surface area contributed by atoms with Gasteiger partial charge in [-0.3, -0.25) is 14.9 Å². The van der Waals surface area contributed by atoms with Gasteiger partial charge in [0.2, 0.25) is 5.91 Å². The van der Waals surface area contributed by atoms with E-state index in [0.717, 1.165) is 12.1 Å². The summed E-state index contributed by atoms with van der Waals surface area (Å²) in [6, 6.07) is 2.21. The summed E-state index contributed by atoms with van der Waals surface area (Å²) in [5.74, 6) is -0.351. The monoisotopic (exact) mass is 335 g/mol. The maximum atomic E-state index is 12.6. The molecule has 0 saturated carbocycles. The Hall–Kier alpha value is -2.36. The lowest BCUT2D eigenvalue weighted by atomic mass is 10.1. The first-order valence-corrected chi connectivity index (χ1v) is 6.69. The maximum absolute atomic E-state index is 12.6. The average Bonchev–Trinajstić information content (AvgIpc) is 2.48. The van der Waals surface area contributed by atoms with Crippen molar-refractivity contribution in [2.75, 3.05) is 31.6 Å². The zero-order valence-corrected chi connectivity index (χ0v) is 12.3. The smallest absolute Gasteiger partial charge is 0.378 e. The predicted octanol–water partition coefficient (Wildman–Crippen LogP) is 2.18. The number of anilines is 1. The highest BCUT2D eigenvalue weighted by Gasteiger charge is 2.32. The SMILES string of the molecule is CCOCC(=O)NCCNc1ccc(C(F)(F)F)cc1[N+](=O)[O-]. The van der Waals surface area contributed by atoms with Gasteiger partial charge in [0.25, 0.3) is 5.69 Å². The van der Waals surface area contributed by atoms with Crippen LogP contribution < -0.4 is 10.6 Å². The standard InChI is InChI=1S/C13H16F3N3O4/c1-2-23-8-12(20)18-6-5-17-10-4-3-9(13(14,15)16)7-11(10)19(21)22/h3-4,7,17H,2,5-6,8H2,1H3,(H,18,20). The second kappa shape index (κ2) is 8.32. The Balaban J connectivity index is 2.63. The lowest BCUT2D eigenvalue weighted by molar-refractivity contribution is -0.384. The third-order valence-electron chi connectivity index (χ3n) is 2.72. The van der Waals surface area contributed by atoms with E-state index in [0.29, 0.717) is 12.7 Å². The summed E-state index contributed by atoms with van der Waals surface area (Å²) in [7, 11) is 0. The second-order valence-electron chi connectivity index (χ2n) is 4.40. The number of halogens is 3. The molecule has 0 aliphatic rings. The Morgan fingerprint density at radius 1 is 1.35 bits per heavy atom. The molecule has 0 fully saturated rings. The second-order valence-corrected chi connectivity index (χ2v) is 4.40. The van der Waals surface area contributed by atoms with E-state index in [1.54, 1.807) is 6.92 Å². The molecule has 0 spiro atoms. The molecule has 0 aliphatic carbocycles. The zero-order valence-electron chi connectivity index (χ0n) is 12.3. The number of hydrogen-bond donors (Lipinski definition) is 2. The molecule has 2 N–H and O–H groups in total. The Morgan fingerprint density at radius 2 is 2.04 bits per heavy atom. The molecule has 1 rings (SSSR count). The van der Waals surface area contributed by atoms with E-state index < -0.39 is 22.4 Å². The Morgan fingerprint density at radius 3 is 2.61 bits per heavy atom. The van der Waals surface area contributed by atoms with Crippen molar-refractivity contribution >= 4 is 17.3 Å². The van der Waals surface area contributed by atoms with Crippen LogP contribution in [-0.4, -0.2) is 37.1 Å². The highest BCUT2D eigenvalue weighted by atomic mass is 19.4. The molecule has 128 valence electrons. The molecule has 1 aromatic rings. The largest absolute Gasteiger partial charge is 0.416 e. The van der Waals surface area contributed by atoms with E-state index in [2.05, 4.69) is 10.6 Å². The first-order chi connectivity index (χ1) is 10.8. The fourth-order valence-electron chi connectivity index (χ4n) is 1.65. The van der Waals surface area contributed by atoms with Gasteiger partial charge in [0.05, 0.1) is 10.5 Å². The number of rotatable bonds is 8. The van der Waals surface area contributed by atoms with Crippen molar-refractivity contribution in [3.05, 3.63) is 33.9 Å². The predicted molar refractivity (Wildman–Crippen MR) is 76.1 cm³/mol. The van der Waals surface area contributed by atoms with Crippen molar-refractivity contribution in [2.45, 2.75) is 13.1 Å². The Kier molecular flexibility index (Phi) is 6.76. The summed E-state index contributed by atoms with van der Waals surface area (Å²) in [6.45, 7) is 2.28. The Labute approximate surface area is 130 Å². The third kappa shape index (κ3) is 6.10. The van der Waals surface area contributed by atoms with Crippen LogP contribution in [0.5, 0.6) is 0 Å². The normalized spacial score (nSPS) is 11.1. The summed E-state index contributed by atoms with van der Waals surface area (Å²) in [5, 5.41) is 16.0. The van der Waals surface area contributed by atoms with Gasteiger partial charge in [-0.2, -0.15) is 13.2 Å². The third-order valence-corrected chi connectivity index (χ3v) is 2.72. The number of ether oxygens (including phenoxy) is 1. The van der Waals surface area contributed by atoms with Gasteiger partial charge in [-0.05, 0) is 19.1 Å². The van der Waals surface area contributed by atoms with Crippen molar-refractivity contribution in [3.63, 3.8) is 0 Å². The molecule has 0 saturated heterocycles. The molecule has 0 atom stereocenters. The molecular weight excluding hydrogens is 319 g/mol. The summed E-state index contributed by atoms with van der Waals surface area (Å²) in [4.78, 5) is 21.2. The fourth-order valence-corrected chi connectivity index (χ4v) is 1.65. The number of benzene rings is 1. The van der Waals surface area contributed by atoms with Crippen LogP contribution in [-0.2, 0) is 15.7 Å². The van der Waals surface area contributed by atoms with Crippen LogP contribution in [0.3, 0.4) is 0 Å². The molecule has 0 aliphatic heterocycles. The number of amides is 1. The lowest BCUT2D eigenvalue weighted by Gasteiger charge is -2.11. The van der Waals surface area contributed by atoms with E-state index >= 15 is 0 Å². The molecule has 0 aromatic heterocycles. The lowest BCUT2D eigenvalue weighted by Crippen LogP contribution is -2.31. The number of nitrogens with one attached hydrogen (secondary N) is 2. The van der Waals surface area contributed by atoms with Gasteiger partial charge >= 0.3 is 6.18 Å².